The summed E-state index contributed by atoms with van der Waals surface area (Å²) in [6.07, 6.45) is 52.9. The number of unbranched alkanes of at least 4 members (excludes halogenated alkanes) is 15. The van der Waals surface area contributed by atoms with Crippen molar-refractivity contribution in [1.82, 2.24) is 0 Å². The number of aliphatic hydroxyl groups excluding tert-OH is 1. The third-order valence-electron chi connectivity index (χ3n) is 10.3. The Morgan fingerprint density at radius 2 is 0.848 bits per heavy atom. The van der Waals surface area contributed by atoms with Gasteiger partial charge in [-0.15, -0.1) is 0 Å². The number of rotatable bonds is 46. The molecule has 0 heterocycles. The lowest BCUT2D eigenvalue weighted by Crippen LogP contribution is -2.30. The van der Waals surface area contributed by atoms with Gasteiger partial charge in [0.05, 0.1) is 19.8 Å². The molecule has 0 bridgehead atoms. The monoisotopic (exact) mass is 947 g/mol. The molecule has 0 aromatic rings. The maximum atomic E-state index is 12.8. The van der Waals surface area contributed by atoms with Gasteiger partial charge in [-0.3, -0.25) is 23.4 Å². The van der Waals surface area contributed by atoms with Crippen LogP contribution >= 0.6 is 7.82 Å². The number of allylic oxidation sites excluding steroid dienone is 14. The normalized spacial score (nSPS) is 14.2. The molecule has 0 aromatic heterocycles. The molecule has 11 nitrogen and oxygen atoms in total. The van der Waals surface area contributed by atoms with Crippen molar-refractivity contribution < 1.29 is 52.2 Å². The first-order chi connectivity index (χ1) is 32.2. The van der Waals surface area contributed by atoms with Crippen molar-refractivity contribution in [2.24, 2.45) is 0 Å². The zero-order valence-corrected chi connectivity index (χ0v) is 42.3. The number of carbonyl (C=O) groups is 3. The van der Waals surface area contributed by atoms with Gasteiger partial charge >= 0.3 is 25.7 Å². The van der Waals surface area contributed by atoms with Crippen molar-refractivity contribution in [2.45, 2.75) is 213 Å². The molecule has 3 unspecified atom stereocenters. The number of hydrogen-bond donors (Lipinski definition) is 2. The maximum Gasteiger partial charge on any atom is 0.472 e. The number of phosphoric acid groups is 1. The Balaban J connectivity index is 4.85. The molecule has 378 valence electrons. The van der Waals surface area contributed by atoms with Crippen molar-refractivity contribution in [1.29, 1.82) is 0 Å². The van der Waals surface area contributed by atoms with Gasteiger partial charge in [0.15, 0.2) is 6.10 Å². The highest BCUT2D eigenvalue weighted by Gasteiger charge is 2.28. The van der Waals surface area contributed by atoms with E-state index in [0.717, 1.165) is 116 Å². The second-order valence-corrected chi connectivity index (χ2v) is 18.0. The molecule has 0 spiro atoms. The molecular weight excluding hydrogens is 856 g/mol. The van der Waals surface area contributed by atoms with Crippen LogP contribution in [0, 0.1) is 0 Å². The molecule has 0 aromatic carbocycles. The first-order valence-electron chi connectivity index (χ1n) is 25.5. The Labute approximate surface area is 400 Å². The molecule has 0 aliphatic carbocycles. The number of aliphatic hydroxyl groups is 1. The minimum absolute atomic E-state index is 0.0410. The van der Waals surface area contributed by atoms with Crippen LogP contribution in [0.15, 0.2) is 85.1 Å². The highest BCUT2D eigenvalue weighted by atomic mass is 31.2. The van der Waals surface area contributed by atoms with Crippen LogP contribution in [-0.4, -0.2) is 66.5 Å². The summed E-state index contributed by atoms with van der Waals surface area (Å²) in [7, 11) is -4.76. The second kappa shape index (κ2) is 48.1. The largest absolute Gasteiger partial charge is 0.472 e. The number of phosphoric ester groups is 1. The standard InChI is InChI=1S/C54H91O11P/c1-4-7-10-13-16-19-22-25-28-31-34-37-40-43-52(56)61-47-51(65-54(58)45-42-39-36-33-30-27-24-21-18-15-12-9-6-3)49-63-66(59,60)62-48-50(46-55)64-53(57)44-41-38-35-32-29-26-23-20-17-14-11-8-5-2/h9,11-12,14,18-23,27,30,36,39,50-51,55H,4-8,10,13,15-17,24-26,28-29,31-35,37-38,40-49H2,1-3H3,(H,59,60)/b12-9-,14-11-,21-18-,22-19-,23-20-,30-27-,39-36-. The van der Waals surface area contributed by atoms with E-state index in [2.05, 4.69) is 93.7 Å². The molecule has 0 aliphatic rings. The molecule has 0 amide bonds. The van der Waals surface area contributed by atoms with Gasteiger partial charge in [-0.2, -0.15) is 0 Å². The van der Waals surface area contributed by atoms with Crippen LogP contribution in [0.3, 0.4) is 0 Å². The van der Waals surface area contributed by atoms with E-state index in [0.29, 0.717) is 19.3 Å². The Hall–Kier alpha value is -3.34. The third-order valence-corrected chi connectivity index (χ3v) is 11.2. The molecule has 0 rings (SSSR count). The van der Waals surface area contributed by atoms with E-state index in [1.54, 1.807) is 0 Å². The molecule has 3 atom stereocenters. The Kier molecular flexibility index (Phi) is 45.7. The summed E-state index contributed by atoms with van der Waals surface area (Å²) in [4.78, 5) is 48.2. The molecule has 0 saturated heterocycles. The molecule has 66 heavy (non-hydrogen) atoms. The van der Waals surface area contributed by atoms with Crippen LogP contribution in [0.1, 0.15) is 201 Å². The lowest BCUT2D eigenvalue weighted by atomic mass is 10.1. The third kappa shape index (κ3) is 45.8. The summed E-state index contributed by atoms with van der Waals surface area (Å²) in [6, 6.07) is 0. The fraction of sp³-hybridized carbons (Fsp3) is 0.685. The summed E-state index contributed by atoms with van der Waals surface area (Å²) in [6.45, 7) is 4.31. The average molecular weight is 947 g/mol. The highest BCUT2D eigenvalue weighted by molar-refractivity contribution is 7.47. The maximum absolute atomic E-state index is 12.8. The fourth-order valence-electron chi connectivity index (χ4n) is 6.40. The van der Waals surface area contributed by atoms with E-state index in [1.165, 1.54) is 25.7 Å². The first kappa shape index (κ1) is 62.7. The molecule has 0 fully saturated rings. The smallest absolute Gasteiger partial charge is 0.462 e. The van der Waals surface area contributed by atoms with Crippen LogP contribution in [0.4, 0.5) is 0 Å². The number of esters is 3. The molecule has 0 saturated carbocycles. The lowest BCUT2D eigenvalue weighted by Gasteiger charge is -2.21. The zero-order valence-electron chi connectivity index (χ0n) is 41.4. The Morgan fingerprint density at radius 3 is 1.38 bits per heavy atom. The van der Waals surface area contributed by atoms with Crippen molar-refractivity contribution in [3.05, 3.63) is 85.1 Å². The summed E-state index contributed by atoms with van der Waals surface area (Å²) < 4.78 is 39.2. The van der Waals surface area contributed by atoms with Crippen LogP contribution in [-0.2, 0) is 42.2 Å². The van der Waals surface area contributed by atoms with Crippen LogP contribution in [0.25, 0.3) is 0 Å². The van der Waals surface area contributed by atoms with Gasteiger partial charge in [0, 0.05) is 19.3 Å². The topological polar surface area (TPSA) is 155 Å². The van der Waals surface area contributed by atoms with Crippen molar-refractivity contribution >= 4 is 25.7 Å². The fourth-order valence-corrected chi connectivity index (χ4v) is 7.18. The van der Waals surface area contributed by atoms with Crippen molar-refractivity contribution in [3.63, 3.8) is 0 Å². The van der Waals surface area contributed by atoms with Gasteiger partial charge in [-0.1, -0.05) is 170 Å². The average Bonchev–Trinajstić information content (AvgIpc) is 3.30. The Bertz CT molecular complexity index is 1430. The minimum atomic E-state index is -4.76. The SMILES string of the molecule is CC/C=C\C/C=C\C/C=C\C/C=C\CCC(=O)OC(COC(=O)CCCCCCC/C=C\CCCCCC)COP(=O)(O)OCC(CO)OC(=O)CCCCCCC/C=C\C/C=C\CCC. The molecule has 12 heteroatoms. The van der Waals surface area contributed by atoms with Crippen LogP contribution in [0.5, 0.6) is 0 Å². The van der Waals surface area contributed by atoms with E-state index in [1.807, 2.05) is 12.2 Å². The molecular formula is C54H91O11P. The second-order valence-electron chi connectivity index (χ2n) is 16.6. The molecule has 0 radical (unpaired) electrons. The predicted molar refractivity (Wildman–Crippen MR) is 270 cm³/mol. The predicted octanol–water partition coefficient (Wildman–Crippen LogP) is 14.4. The summed E-state index contributed by atoms with van der Waals surface area (Å²) in [5, 5.41) is 9.76. The molecule has 0 aliphatic heterocycles. The first-order valence-corrected chi connectivity index (χ1v) is 27.0. The highest BCUT2D eigenvalue weighted by Crippen LogP contribution is 2.43. The van der Waals surface area contributed by atoms with Crippen molar-refractivity contribution in [2.75, 3.05) is 26.4 Å². The molecule has 2 N–H and O–H groups in total. The van der Waals surface area contributed by atoms with Crippen molar-refractivity contribution in [3.8, 4) is 0 Å². The van der Waals surface area contributed by atoms with Gasteiger partial charge in [0.1, 0.15) is 12.7 Å². The van der Waals surface area contributed by atoms with Gasteiger partial charge in [-0.05, 0) is 96.3 Å². The van der Waals surface area contributed by atoms with Crippen LogP contribution in [0.2, 0.25) is 0 Å². The van der Waals surface area contributed by atoms with E-state index in [4.69, 9.17) is 23.3 Å². The van der Waals surface area contributed by atoms with Gasteiger partial charge < -0.3 is 24.2 Å². The number of carbonyl (C=O) groups excluding carboxylic acids is 3. The van der Waals surface area contributed by atoms with E-state index in [-0.39, 0.29) is 25.9 Å². The zero-order chi connectivity index (χ0) is 48.4. The Morgan fingerprint density at radius 1 is 0.439 bits per heavy atom. The van der Waals surface area contributed by atoms with E-state index >= 15 is 0 Å². The van der Waals surface area contributed by atoms with Gasteiger partial charge in [0.25, 0.3) is 0 Å². The summed E-state index contributed by atoms with van der Waals surface area (Å²) in [5.74, 6) is -1.60. The van der Waals surface area contributed by atoms with Gasteiger partial charge in [-0.25, -0.2) is 4.57 Å². The van der Waals surface area contributed by atoms with E-state index < -0.39 is 57.8 Å². The van der Waals surface area contributed by atoms with E-state index in [9.17, 15) is 28.9 Å². The number of hydrogen-bond acceptors (Lipinski definition) is 10. The quantitative estimate of drug-likeness (QED) is 0.0197. The summed E-state index contributed by atoms with van der Waals surface area (Å²) in [5.41, 5.74) is 0. The summed E-state index contributed by atoms with van der Waals surface area (Å²) >= 11 is 0. The minimum Gasteiger partial charge on any atom is -0.462 e. The van der Waals surface area contributed by atoms with Crippen LogP contribution < -0.4 is 0 Å². The number of ether oxygens (including phenoxy) is 3. The van der Waals surface area contributed by atoms with Gasteiger partial charge in [0.2, 0.25) is 0 Å². The lowest BCUT2D eigenvalue weighted by molar-refractivity contribution is -0.161.